The van der Waals surface area contributed by atoms with Crippen molar-refractivity contribution < 1.29 is 13.9 Å². The molecule has 100 valence electrons. The third-order valence-corrected chi connectivity index (χ3v) is 2.73. The molecule has 0 fully saturated rings. The molecule has 0 spiro atoms. The third kappa shape index (κ3) is 3.05. The highest BCUT2D eigenvalue weighted by Gasteiger charge is 2.19. The summed E-state index contributed by atoms with van der Waals surface area (Å²) in [5.41, 5.74) is 1.80. The van der Waals surface area contributed by atoms with Crippen LogP contribution in [0.15, 0.2) is 39.7 Å². The number of carbonyl (C=O) groups is 1. The van der Waals surface area contributed by atoms with Crippen LogP contribution in [0, 0.1) is 5.82 Å². The van der Waals surface area contributed by atoms with Gasteiger partial charge in [-0.25, -0.2) is 4.39 Å². The molecule has 1 aromatic carbocycles. The smallest absolute Gasteiger partial charge is 0.293 e. The van der Waals surface area contributed by atoms with Crippen LogP contribution in [0.1, 0.15) is 26.3 Å². The monoisotopic (exact) mass is 262 g/mol. The Morgan fingerprint density at radius 3 is 2.58 bits per heavy atom. The van der Waals surface area contributed by atoms with E-state index in [0.29, 0.717) is 23.3 Å². The topological polar surface area (TPSA) is 51.0 Å². The Labute approximate surface area is 111 Å². The number of benzene rings is 1. The number of hydrogen-bond donors (Lipinski definition) is 0. The quantitative estimate of drug-likeness (QED) is 0.834. The molecular formula is C14H15FN2O2. The molecule has 0 unspecified atom stereocenters. The minimum Gasteiger partial charge on any atom is -0.488 e. The van der Waals surface area contributed by atoms with E-state index in [1.165, 1.54) is 6.07 Å². The first kappa shape index (κ1) is 13.4. The van der Waals surface area contributed by atoms with Crippen molar-refractivity contribution in [2.45, 2.75) is 33.3 Å². The third-order valence-electron chi connectivity index (χ3n) is 2.73. The zero-order valence-corrected chi connectivity index (χ0v) is 11.1. The SMILES string of the molecule is CC1=C(Cc2ccc(OC(C)C)c(F)c2)C(=O)N=N1. The summed E-state index contributed by atoms with van der Waals surface area (Å²) in [7, 11) is 0. The minimum atomic E-state index is -0.427. The van der Waals surface area contributed by atoms with E-state index in [9.17, 15) is 9.18 Å². The molecule has 19 heavy (non-hydrogen) atoms. The van der Waals surface area contributed by atoms with Crippen LogP contribution in [0.3, 0.4) is 0 Å². The standard InChI is InChI=1S/C14H15FN2O2/c1-8(2)19-13-5-4-10(7-12(13)15)6-11-9(3)16-17-14(11)18/h4-5,7-8H,6H2,1-3H3. The van der Waals surface area contributed by atoms with Crippen LogP contribution >= 0.6 is 0 Å². The largest absolute Gasteiger partial charge is 0.488 e. The Morgan fingerprint density at radius 1 is 1.32 bits per heavy atom. The van der Waals surface area contributed by atoms with Crippen LogP contribution in [0.25, 0.3) is 0 Å². The van der Waals surface area contributed by atoms with Crippen molar-refractivity contribution in [3.8, 4) is 5.75 Å². The molecule has 5 heteroatoms. The van der Waals surface area contributed by atoms with Crippen LogP contribution in [-0.4, -0.2) is 12.0 Å². The van der Waals surface area contributed by atoms with Crippen LogP contribution in [0.2, 0.25) is 0 Å². The lowest BCUT2D eigenvalue weighted by atomic mass is 10.0. The summed E-state index contributed by atoms with van der Waals surface area (Å²) in [5, 5.41) is 7.18. The fourth-order valence-corrected chi connectivity index (χ4v) is 1.81. The summed E-state index contributed by atoms with van der Waals surface area (Å²) in [6, 6.07) is 4.70. The molecule has 0 saturated heterocycles. The molecule has 1 aliphatic rings. The van der Waals surface area contributed by atoms with E-state index in [1.54, 1.807) is 19.1 Å². The van der Waals surface area contributed by atoms with Gasteiger partial charge in [-0.2, -0.15) is 5.11 Å². The van der Waals surface area contributed by atoms with Gasteiger partial charge in [0.05, 0.1) is 11.8 Å². The Kier molecular flexibility index (Phi) is 3.74. The lowest BCUT2D eigenvalue weighted by molar-refractivity contribution is -0.114. The summed E-state index contributed by atoms with van der Waals surface area (Å²) >= 11 is 0. The minimum absolute atomic E-state index is 0.0840. The van der Waals surface area contributed by atoms with Gasteiger partial charge in [-0.15, -0.1) is 5.11 Å². The number of azo groups is 1. The highest BCUT2D eigenvalue weighted by atomic mass is 19.1. The summed E-state index contributed by atoms with van der Waals surface area (Å²) in [6.45, 7) is 5.39. The van der Waals surface area contributed by atoms with Crippen LogP contribution in [0.5, 0.6) is 5.75 Å². The lowest BCUT2D eigenvalue weighted by Gasteiger charge is -2.11. The second-order valence-electron chi connectivity index (χ2n) is 4.68. The number of amides is 1. The molecule has 1 amide bonds. The second kappa shape index (κ2) is 5.30. The van der Waals surface area contributed by atoms with Crippen molar-refractivity contribution in [2.75, 3.05) is 0 Å². The van der Waals surface area contributed by atoms with E-state index >= 15 is 0 Å². The van der Waals surface area contributed by atoms with Gasteiger partial charge in [-0.05, 0) is 38.5 Å². The second-order valence-corrected chi connectivity index (χ2v) is 4.68. The van der Waals surface area contributed by atoms with Crippen LogP contribution in [-0.2, 0) is 11.2 Å². The lowest BCUT2D eigenvalue weighted by Crippen LogP contribution is -2.07. The van der Waals surface area contributed by atoms with Crippen molar-refractivity contribution in [3.05, 3.63) is 40.8 Å². The Balaban J connectivity index is 2.17. The van der Waals surface area contributed by atoms with Crippen molar-refractivity contribution >= 4 is 5.91 Å². The predicted octanol–water partition coefficient (Wildman–Crippen LogP) is 3.42. The molecular weight excluding hydrogens is 247 g/mol. The van der Waals surface area contributed by atoms with Gasteiger partial charge in [-0.3, -0.25) is 4.79 Å². The normalized spacial score (nSPS) is 14.7. The highest BCUT2D eigenvalue weighted by Crippen LogP contribution is 2.24. The maximum atomic E-state index is 13.8. The first-order valence-corrected chi connectivity index (χ1v) is 6.08. The van der Waals surface area contributed by atoms with Crippen molar-refractivity contribution in [1.82, 2.24) is 0 Å². The van der Waals surface area contributed by atoms with E-state index in [0.717, 1.165) is 0 Å². The van der Waals surface area contributed by atoms with Crippen molar-refractivity contribution in [3.63, 3.8) is 0 Å². The Bertz CT molecular complexity index is 577. The predicted molar refractivity (Wildman–Crippen MR) is 68.4 cm³/mol. The molecule has 1 aliphatic heterocycles. The average molecular weight is 262 g/mol. The number of rotatable bonds is 4. The van der Waals surface area contributed by atoms with Gasteiger partial charge in [0, 0.05) is 12.0 Å². The van der Waals surface area contributed by atoms with Gasteiger partial charge in [0.2, 0.25) is 0 Å². The van der Waals surface area contributed by atoms with E-state index in [1.807, 2.05) is 13.8 Å². The van der Waals surface area contributed by atoms with Gasteiger partial charge in [-0.1, -0.05) is 6.07 Å². The molecule has 0 N–H and O–H groups in total. The zero-order valence-electron chi connectivity index (χ0n) is 11.1. The van der Waals surface area contributed by atoms with Gasteiger partial charge in [0.1, 0.15) is 0 Å². The Hall–Kier alpha value is -2.04. The molecule has 1 heterocycles. The van der Waals surface area contributed by atoms with Crippen LogP contribution < -0.4 is 4.74 Å². The number of halogens is 1. The molecule has 0 aromatic heterocycles. The van der Waals surface area contributed by atoms with Gasteiger partial charge in [0.15, 0.2) is 11.6 Å². The van der Waals surface area contributed by atoms with Crippen molar-refractivity contribution in [1.29, 1.82) is 0 Å². The molecule has 0 radical (unpaired) electrons. The fraction of sp³-hybridized carbons (Fsp3) is 0.357. The maximum Gasteiger partial charge on any atom is 0.293 e. The first-order valence-electron chi connectivity index (χ1n) is 6.08. The molecule has 2 rings (SSSR count). The Morgan fingerprint density at radius 2 is 2.05 bits per heavy atom. The molecule has 0 aliphatic carbocycles. The number of allylic oxidation sites excluding steroid dienone is 1. The molecule has 4 nitrogen and oxygen atoms in total. The summed E-state index contributed by atoms with van der Waals surface area (Å²) in [6.07, 6.45) is 0.246. The van der Waals surface area contributed by atoms with Gasteiger partial charge >= 0.3 is 0 Å². The number of ether oxygens (including phenoxy) is 1. The van der Waals surface area contributed by atoms with E-state index in [2.05, 4.69) is 10.2 Å². The molecule has 1 aromatic rings. The first-order chi connectivity index (χ1) is 8.97. The molecule has 0 atom stereocenters. The summed E-state index contributed by atoms with van der Waals surface area (Å²) < 4.78 is 19.1. The van der Waals surface area contributed by atoms with E-state index < -0.39 is 5.82 Å². The number of carbonyl (C=O) groups excluding carboxylic acids is 1. The van der Waals surface area contributed by atoms with Crippen LogP contribution in [0.4, 0.5) is 4.39 Å². The van der Waals surface area contributed by atoms with Gasteiger partial charge in [0.25, 0.3) is 5.91 Å². The molecule has 0 bridgehead atoms. The highest BCUT2D eigenvalue weighted by molar-refractivity contribution is 5.96. The van der Waals surface area contributed by atoms with Gasteiger partial charge < -0.3 is 4.74 Å². The maximum absolute atomic E-state index is 13.8. The van der Waals surface area contributed by atoms with Crippen molar-refractivity contribution in [2.24, 2.45) is 10.2 Å². The average Bonchev–Trinajstić information content (AvgIpc) is 2.64. The van der Waals surface area contributed by atoms with E-state index in [-0.39, 0.29) is 17.8 Å². The molecule has 0 saturated carbocycles. The zero-order chi connectivity index (χ0) is 14.0. The number of hydrogen-bond acceptors (Lipinski definition) is 3. The summed E-state index contributed by atoms with van der Waals surface area (Å²) in [4.78, 5) is 11.4. The van der Waals surface area contributed by atoms with E-state index in [4.69, 9.17) is 4.74 Å². The fourth-order valence-electron chi connectivity index (χ4n) is 1.81. The number of nitrogens with zero attached hydrogens (tertiary/aromatic N) is 2. The summed E-state index contributed by atoms with van der Waals surface area (Å²) in [5.74, 6) is -0.555.